The van der Waals surface area contributed by atoms with Crippen molar-refractivity contribution in [2.24, 2.45) is 9.98 Å². The molecule has 0 spiro atoms. The van der Waals surface area contributed by atoms with Gasteiger partial charge in [0, 0.05) is 34.9 Å². The highest BCUT2D eigenvalue weighted by Gasteiger charge is 2.37. The molecule has 8 bridgehead atoms. The molecular formula is C20H24N4O2. The highest BCUT2D eigenvalue weighted by atomic mass is 16.4. The number of nitrogens with zero attached hydrogens (tertiary/aromatic N) is 2. The summed E-state index contributed by atoms with van der Waals surface area (Å²) in [7, 11) is 0. The van der Waals surface area contributed by atoms with Crippen LogP contribution in [0.3, 0.4) is 0 Å². The van der Waals surface area contributed by atoms with E-state index in [-0.39, 0.29) is 18.1 Å². The number of rotatable bonds is 1. The van der Waals surface area contributed by atoms with E-state index >= 15 is 0 Å². The van der Waals surface area contributed by atoms with Gasteiger partial charge in [0.05, 0.1) is 17.3 Å². The van der Waals surface area contributed by atoms with Crippen molar-refractivity contribution < 1.29 is 9.90 Å². The Kier molecular flexibility index (Phi) is 3.81. The smallest absolute Gasteiger partial charge is 0.335 e. The van der Waals surface area contributed by atoms with E-state index < -0.39 is 5.97 Å². The number of aliphatic imine (C=N–C) groups is 2. The maximum atomic E-state index is 12.0. The van der Waals surface area contributed by atoms with Crippen LogP contribution in [-0.2, 0) is 4.79 Å². The third-order valence-electron chi connectivity index (χ3n) is 6.13. The minimum atomic E-state index is -0.835. The average molecular weight is 352 g/mol. The molecule has 5 aliphatic heterocycles. The van der Waals surface area contributed by atoms with Crippen molar-refractivity contribution in [1.29, 1.82) is 0 Å². The highest BCUT2D eigenvalue weighted by molar-refractivity contribution is 6.00. The monoisotopic (exact) mass is 352 g/mol. The molecule has 0 aromatic heterocycles. The molecule has 2 fully saturated rings. The number of allylic oxidation sites excluding steroid dienone is 5. The molecular weight excluding hydrogens is 328 g/mol. The summed E-state index contributed by atoms with van der Waals surface area (Å²) in [5.74, 6) is -0.835. The molecule has 3 N–H and O–H groups in total. The van der Waals surface area contributed by atoms with Gasteiger partial charge in [0.15, 0.2) is 0 Å². The number of carboxylic acid groups (broad SMARTS) is 1. The van der Waals surface area contributed by atoms with Crippen molar-refractivity contribution in [2.75, 3.05) is 0 Å². The molecule has 5 rings (SSSR count). The maximum absolute atomic E-state index is 12.0. The molecule has 0 aromatic rings. The topological polar surface area (TPSA) is 86.1 Å². The Hall–Kier alpha value is -2.21. The predicted molar refractivity (Wildman–Crippen MR) is 100 cm³/mol. The van der Waals surface area contributed by atoms with Gasteiger partial charge in [-0.05, 0) is 63.5 Å². The van der Waals surface area contributed by atoms with Crippen molar-refractivity contribution in [3.05, 3.63) is 34.8 Å². The Morgan fingerprint density at radius 1 is 1.00 bits per heavy atom. The van der Waals surface area contributed by atoms with Gasteiger partial charge in [0.1, 0.15) is 0 Å². The van der Waals surface area contributed by atoms with E-state index in [1.807, 2.05) is 0 Å². The number of nitrogens with one attached hydrogen (secondary N) is 2. The van der Waals surface area contributed by atoms with Gasteiger partial charge in [-0.25, -0.2) is 4.79 Å². The van der Waals surface area contributed by atoms with Gasteiger partial charge in [0.25, 0.3) is 0 Å². The van der Waals surface area contributed by atoms with E-state index in [0.29, 0.717) is 5.57 Å². The van der Waals surface area contributed by atoms with Crippen LogP contribution in [0.15, 0.2) is 44.8 Å². The van der Waals surface area contributed by atoms with Crippen LogP contribution < -0.4 is 10.6 Å². The van der Waals surface area contributed by atoms with Crippen LogP contribution in [0.5, 0.6) is 0 Å². The van der Waals surface area contributed by atoms with Crippen LogP contribution in [-0.4, -0.2) is 40.6 Å². The summed E-state index contributed by atoms with van der Waals surface area (Å²) in [5, 5.41) is 16.9. The third kappa shape index (κ3) is 2.82. The number of hydrogen-bond acceptors (Lipinski definition) is 5. The summed E-state index contributed by atoms with van der Waals surface area (Å²) < 4.78 is 0. The predicted octanol–water partition coefficient (Wildman–Crippen LogP) is 2.45. The molecule has 136 valence electrons. The van der Waals surface area contributed by atoms with Crippen molar-refractivity contribution in [3.63, 3.8) is 0 Å². The molecule has 0 amide bonds. The number of aliphatic carboxylic acids is 1. The number of hydrogen-bond donors (Lipinski definition) is 3. The first-order valence-electron chi connectivity index (χ1n) is 9.70. The zero-order valence-corrected chi connectivity index (χ0v) is 14.8. The minimum Gasteiger partial charge on any atom is -0.478 e. The fourth-order valence-corrected chi connectivity index (χ4v) is 4.86. The number of fused-ring (bicyclic) bond motifs is 7. The quantitative estimate of drug-likeness (QED) is 0.677. The van der Waals surface area contributed by atoms with E-state index in [4.69, 9.17) is 9.98 Å². The fourth-order valence-electron chi connectivity index (χ4n) is 4.86. The summed E-state index contributed by atoms with van der Waals surface area (Å²) >= 11 is 0. The lowest BCUT2D eigenvalue weighted by Gasteiger charge is -2.19. The van der Waals surface area contributed by atoms with Gasteiger partial charge in [-0.15, -0.1) is 0 Å². The Balaban J connectivity index is 1.58. The van der Waals surface area contributed by atoms with Crippen molar-refractivity contribution in [3.8, 4) is 0 Å². The molecule has 26 heavy (non-hydrogen) atoms. The second kappa shape index (κ2) is 6.20. The second-order valence-corrected chi connectivity index (χ2v) is 7.86. The molecule has 2 saturated heterocycles. The van der Waals surface area contributed by atoms with Crippen LogP contribution in [0.2, 0.25) is 0 Å². The third-order valence-corrected chi connectivity index (χ3v) is 6.13. The first-order chi connectivity index (χ1) is 12.7. The minimum absolute atomic E-state index is 0.111. The van der Waals surface area contributed by atoms with Crippen LogP contribution in [0.4, 0.5) is 0 Å². The van der Waals surface area contributed by atoms with E-state index in [1.165, 1.54) is 17.1 Å². The van der Waals surface area contributed by atoms with Gasteiger partial charge in [-0.1, -0.05) is 0 Å². The maximum Gasteiger partial charge on any atom is 0.335 e. The van der Waals surface area contributed by atoms with Crippen molar-refractivity contribution in [1.82, 2.24) is 10.6 Å². The standard InChI is InChI=1S/C20H24N4O2/c25-20(26)19-17-6-4-14(23-17)10-12-2-1-11(21-12)9-13-3-5-15(22-13)16-7-8-18(19)24-16/h9-10,15-16,18,21,24H,1-8H2,(H,25,26). The largest absolute Gasteiger partial charge is 0.478 e. The molecule has 6 nitrogen and oxygen atoms in total. The lowest BCUT2D eigenvalue weighted by molar-refractivity contribution is -0.133. The Morgan fingerprint density at radius 2 is 1.81 bits per heavy atom. The number of carboxylic acids is 1. The second-order valence-electron chi connectivity index (χ2n) is 7.86. The van der Waals surface area contributed by atoms with E-state index in [2.05, 4.69) is 22.8 Å². The highest BCUT2D eigenvalue weighted by Crippen LogP contribution is 2.32. The first kappa shape index (κ1) is 16.0. The summed E-state index contributed by atoms with van der Waals surface area (Å²) in [6, 6.07) is 0.419. The molecule has 0 aliphatic carbocycles. The Labute approximate surface area is 152 Å². The zero-order valence-electron chi connectivity index (χ0n) is 14.8. The molecule has 3 atom stereocenters. The lowest BCUT2D eigenvalue weighted by atomic mass is 10.0. The molecule has 5 aliphatic rings. The summed E-state index contributed by atoms with van der Waals surface area (Å²) in [4.78, 5) is 21.6. The SMILES string of the molecule is O=C(O)C1=C2CCC(=N2)C=C2CCC(=CC3=NC(CC3)C3CCC1N3)N2. The van der Waals surface area contributed by atoms with Gasteiger partial charge >= 0.3 is 5.97 Å². The molecule has 5 heterocycles. The van der Waals surface area contributed by atoms with E-state index in [1.54, 1.807) is 0 Å². The molecule has 0 radical (unpaired) electrons. The van der Waals surface area contributed by atoms with Crippen LogP contribution in [0, 0.1) is 0 Å². The molecule has 0 aromatic carbocycles. The van der Waals surface area contributed by atoms with Crippen LogP contribution >= 0.6 is 0 Å². The lowest BCUT2D eigenvalue weighted by Crippen LogP contribution is -2.39. The summed E-state index contributed by atoms with van der Waals surface area (Å²) in [6.45, 7) is 0. The van der Waals surface area contributed by atoms with Crippen molar-refractivity contribution in [2.45, 2.75) is 69.5 Å². The van der Waals surface area contributed by atoms with Crippen LogP contribution in [0.1, 0.15) is 51.4 Å². The van der Waals surface area contributed by atoms with Gasteiger partial charge in [0.2, 0.25) is 0 Å². The normalized spacial score (nSPS) is 33.0. The molecule has 6 heteroatoms. The van der Waals surface area contributed by atoms with E-state index in [0.717, 1.165) is 62.8 Å². The van der Waals surface area contributed by atoms with Gasteiger partial charge in [-0.2, -0.15) is 0 Å². The van der Waals surface area contributed by atoms with Crippen molar-refractivity contribution >= 4 is 17.4 Å². The van der Waals surface area contributed by atoms with Crippen LogP contribution in [0.25, 0.3) is 0 Å². The zero-order chi connectivity index (χ0) is 17.7. The van der Waals surface area contributed by atoms with E-state index in [9.17, 15) is 9.90 Å². The summed E-state index contributed by atoms with van der Waals surface area (Å²) in [5.41, 5.74) is 5.80. The first-order valence-corrected chi connectivity index (χ1v) is 9.70. The fraction of sp³-hybridized carbons (Fsp3) is 0.550. The average Bonchev–Trinajstić information content (AvgIpc) is 3.36. The summed E-state index contributed by atoms with van der Waals surface area (Å²) in [6.07, 6.45) is 11.8. The van der Waals surface area contributed by atoms with Gasteiger partial charge < -0.3 is 15.7 Å². The van der Waals surface area contributed by atoms with Gasteiger partial charge in [-0.3, -0.25) is 9.98 Å². The number of carbonyl (C=O) groups is 1. The Bertz CT molecular complexity index is 818. The molecule has 3 unspecified atom stereocenters. The Morgan fingerprint density at radius 3 is 2.62 bits per heavy atom. The molecule has 0 saturated carbocycles.